The maximum absolute atomic E-state index is 11.4. The van der Waals surface area contributed by atoms with E-state index in [2.05, 4.69) is 4.74 Å². The zero-order valence-corrected chi connectivity index (χ0v) is 7.99. The molecule has 76 valence electrons. The van der Waals surface area contributed by atoms with Crippen LogP contribution in [0.1, 0.15) is 26.2 Å². The standard InChI is InChI=1S/C9H16O4/c1-9(8(12)13-2)5-6(10)3-4-7(9)11/h6-7,10-11H,3-5H2,1-2H3. The third-order valence-electron chi connectivity index (χ3n) is 2.82. The van der Waals surface area contributed by atoms with Crippen molar-refractivity contribution < 1.29 is 19.7 Å². The molecule has 0 saturated heterocycles. The molecule has 1 aliphatic rings. The Morgan fingerprint density at radius 1 is 1.46 bits per heavy atom. The summed E-state index contributed by atoms with van der Waals surface area (Å²) < 4.78 is 4.60. The van der Waals surface area contributed by atoms with Crippen LogP contribution >= 0.6 is 0 Å². The highest BCUT2D eigenvalue weighted by molar-refractivity contribution is 5.77. The maximum Gasteiger partial charge on any atom is 0.314 e. The molecule has 1 saturated carbocycles. The van der Waals surface area contributed by atoms with Crippen molar-refractivity contribution in [2.24, 2.45) is 5.41 Å². The zero-order chi connectivity index (χ0) is 10.1. The SMILES string of the molecule is COC(=O)C1(C)CC(O)CCC1O. The van der Waals surface area contributed by atoms with Gasteiger partial charge in [-0.2, -0.15) is 0 Å². The molecule has 0 radical (unpaired) electrons. The van der Waals surface area contributed by atoms with Gasteiger partial charge in [0.25, 0.3) is 0 Å². The van der Waals surface area contributed by atoms with Gasteiger partial charge in [-0.25, -0.2) is 0 Å². The summed E-state index contributed by atoms with van der Waals surface area (Å²) in [5.74, 6) is -0.446. The summed E-state index contributed by atoms with van der Waals surface area (Å²) >= 11 is 0. The number of rotatable bonds is 1. The molecule has 3 unspecified atom stereocenters. The normalized spacial score (nSPS) is 40.0. The van der Waals surface area contributed by atoms with Crippen molar-refractivity contribution in [1.29, 1.82) is 0 Å². The summed E-state index contributed by atoms with van der Waals surface area (Å²) in [4.78, 5) is 11.4. The van der Waals surface area contributed by atoms with E-state index in [1.807, 2.05) is 0 Å². The van der Waals surface area contributed by atoms with Crippen LogP contribution in [0, 0.1) is 5.41 Å². The first kappa shape index (κ1) is 10.5. The minimum atomic E-state index is -0.938. The molecule has 1 rings (SSSR count). The van der Waals surface area contributed by atoms with E-state index >= 15 is 0 Å². The zero-order valence-electron chi connectivity index (χ0n) is 7.99. The highest BCUT2D eigenvalue weighted by Crippen LogP contribution is 2.37. The van der Waals surface area contributed by atoms with Gasteiger partial charge in [0.15, 0.2) is 0 Å². The Morgan fingerprint density at radius 3 is 2.62 bits per heavy atom. The molecule has 0 aromatic carbocycles. The van der Waals surface area contributed by atoms with Crippen molar-refractivity contribution >= 4 is 5.97 Å². The minimum Gasteiger partial charge on any atom is -0.469 e. The first-order valence-electron chi connectivity index (χ1n) is 4.45. The van der Waals surface area contributed by atoms with E-state index in [1.165, 1.54) is 7.11 Å². The fraction of sp³-hybridized carbons (Fsp3) is 0.889. The Balaban J connectivity index is 2.78. The Bertz CT molecular complexity index is 204. The summed E-state index contributed by atoms with van der Waals surface area (Å²) in [7, 11) is 1.29. The monoisotopic (exact) mass is 188 g/mol. The van der Waals surface area contributed by atoms with Crippen molar-refractivity contribution in [1.82, 2.24) is 0 Å². The molecule has 0 heterocycles. The molecule has 1 fully saturated rings. The average molecular weight is 188 g/mol. The van der Waals surface area contributed by atoms with Crippen molar-refractivity contribution in [2.75, 3.05) is 7.11 Å². The van der Waals surface area contributed by atoms with Crippen LogP contribution in [0.2, 0.25) is 0 Å². The fourth-order valence-corrected chi connectivity index (χ4v) is 1.85. The number of aliphatic hydroxyl groups excluding tert-OH is 2. The molecular formula is C9H16O4. The second-order valence-corrected chi connectivity index (χ2v) is 3.86. The largest absolute Gasteiger partial charge is 0.469 e. The Kier molecular flexibility index (Phi) is 2.93. The Hall–Kier alpha value is -0.610. The molecule has 1 aliphatic carbocycles. The van der Waals surface area contributed by atoms with Gasteiger partial charge in [0, 0.05) is 0 Å². The van der Waals surface area contributed by atoms with Crippen LogP contribution in [-0.2, 0) is 9.53 Å². The van der Waals surface area contributed by atoms with Crippen molar-refractivity contribution in [3.8, 4) is 0 Å². The third-order valence-corrected chi connectivity index (χ3v) is 2.82. The van der Waals surface area contributed by atoms with Gasteiger partial charge in [-0.1, -0.05) is 0 Å². The van der Waals surface area contributed by atoms with Crippen LogP contribution in [0.15, 0.2) is 0 Å². The van der Waals surface area contributed by atoms with Crippen molar-refractivity contribution in [3.05, 3.63) is 0 Å². The number of methoxy groups -OCH3 is 1. The number of aliphatic hydroxyl groups is 2. The average Bonchev–Trinajstić information content (AvgIpc) is 2.10. The second kappa shape index (κ2) is 3.64. The lowest BCUT2D eigenvalue weighted by atomic mass is 9.72. The highest BCUT2D eigenvalue weighted by Gasteiger charge is 2.45. The topological polar surface area (TPSA) is 66.8 Å². The predicted molar refractivity (Wildman–Crippen MR) is 46.0 cm³/mol. The van der Waals surface area contributed by atoms with Crippen LogP contribution < -0.4 is 0 Å². The van der Waals surface area contributed by atoms with E-state index in [0.717, 1.165) is 0 Å². The van der Waals surface area contributed by atoms with Crippen LogP contribution in [0.3, 0.4) is 0 Å². The minimum absolute atomic E-state index is 0.279. The van der Waals surface area contributed by atoms with Crippen LogP contribution in [0.5, 0.6) is 0 Å². The van der Waals surface area contributed by atoms with E-state index in [-0.39, 0.29) is 6.42 Å². The van der Waals surface area contributed by atoms with E-state index in [9.17, 15) is 15.0 Å². The molecule has 3 atom stereocenters. The molecule has 4 heteroatoms. The first-order valence-corrected chi connectivity index (χ1v) is 4.45. The lowest BCUT2D eigenvalue weighted by Crippen LogP contribution is -2.46. The maximum atomic E-state index is 11.4. The summed E-state index contributed by atoms with van der Waals surface area (Å²) in [6.45, 7) is 1.63. The van der Waals surface area contributed by atoms with Gasteiger partial charge in [-0.05, 0) is 26.2 Å². The van der Waals surface area contributed by atoms with Crippen molar-refractivity contribution in [3.63, 3.8) is 0 Å². The number of carbonyl (C=O) groups is 1. The number of hydrogen-bond donors (Lipinski definition) is 2. The molecule has 0 bridgehead atoms. The molecule has 0 aromatic heterocycles. The van der Waals surface area contributed by atoms with E-state index < -0.39 is 23.6 Å². The van der Waals surface area contributed by atoms with E-state index in [0.29, 0.717) is 12.8 Å². The molecule has 13 heavy (non-hydrogen) atoms. The van der Waals surface area contributed by atoms with Crippen LogP contribution in [-0.4, -0.2) is 35.5 Å². The number of carbonyl (C=O) groups excluding carboxylic acids is 1. The summed E-state index contributed by atoms with van der Waals surface area (Å²) in [5.41, 5.74) is -0.938. The van der Waals surface area contributed by atoms with E-state index in [4.69, 9.17) is 0 Å². The predicted octanol–water partition coefficient (Wildman–Crippen LogP) is 0.0714. The van der Waals surface area contributed by atoms with Gasteiger partial charge in [0.2, 0.25) is 0 Å². The quantitative estimate of drug-likeness (QED) is 0.571. The molecule has 4 nitrogen and oxygen atoms in total. The number of esters is 1. The lowest BCUT2D eigenvalue weighted by Gasteiger charge is -2.37. The third kappa shape index (κ3) is 1.84. The van der Waals surface area contributed by atoms with Gasteiger partial charge in [-0.3, -0.25) is 4.79 Å². The highest BCUT2D eigenvalue weighted by atomic mass is 16.5. The van der Waals surface area contributed by atoms with Gasteiger partial charge in [-0.15, -0.1) is 0 Å². The van der Waals surface area contributed by atoms with Crippen LogP contribution in [0.25, 0.3) is 0 Å². The Labute approximate surface area is 77.5 Å². The summed E-state index contributed by atoms with van der Waals surface area (Å²) in [6.07, 6.45) is 0.0669. The smallest absolute Gasteiger partial charge is 0.314 e. The van der Waals surface area contributed by atoms with Gasteiger partial charge in [0.1, 0.15) is 0 Å². The fourth-order valence-electron chi connectivity index (χ4n) is 1.85. The number of ether oxygens (including phenoxy) is 1. The van der Waals surface area contributed by atoms with Crippen LogP contribution in [0.4, 0.5) is 0 Å². The molecule has 0 amide bonds. The molecule has 0 aromatic rings. The second-order valence-electron chi connectivity index (χ2n) is 3.86. The van der Waals surface area contributed by atoms with E-state index in [1.54, 1.807) is 6.92 Å². The lowest BCUT2D eigenvalue weighted by molar-refractivity contribution is -0.166. The molecular weight excluding hydrogens is 172 g/mol. The summed E-state index contributed by atoms with van der Waals surface area (Å²) in [6, 6.07) is 0. The summed E-state index contributed by atoms with van der Waals surface area (Å²) in [5, 5.41) is 19.0. The molecule has 0 aliphatic heterocycles. The van der Waals surface area contributed by atoms with Gasteiger partial charge < -0.3 is 14.9 Å². The molecule has 0 spiro atoms. The van der Waals surface area contributed by atoms with Gasteiger partial charge >= 0.3 is 5.97 Å². The number of hydrogen-bond acceptors (Lipinski definition) is 4. The van der Waals surface area contributed by atoms with Crippen molar-refractivity contribution in [2.45, 2.75) is 38.4 Å². The Morgan fingerprint density at radius 2 is 2.08 bits per heavy atom. The van der Waals surface area contributed by atoms with Gasteiger partial charge in [0.05, 0.1) is 24.7 Å². The molecule has 2 N–H and O–H groups in total. The first-order chi connectivity index (χ1) is 6.00.